The van der Waals surface area contributed by atoms with Gasteiger partial charge in [-0.15, -0.1) is 0 Å². The van der Waals surface area contributed by atoms with Crippen LogP contribution in [-0.4, -0.2) is 36.9 Å². The highest BCUT2D eigenvalue weighted by Gasteiger charge is 2.33. The van der Waals surface area contributed by atoms with E-state index >= 15 is 0 Å². The lowest BCUT2D eigenvalue weighted by Gasteiger charge is -2.21. The van der Waals surface area contributed by atoms with Crippen LogP contribution in [0.5, 0.6) is 0 Å². The minimum absolute atomic E-state index is 0.0215. The molecule has 14 heavy (non-hydrogen) atoms. The molecule has 0 bridgehead atoms. The first-order valence-electron chi connectivity index (χ1n) is 4.20. The van der Waals surface area contributed by atoms with Gasteiger partial charge in [0.25, 0.3) is 0 Å². The van der Waals surface area contributed by atoms with Crippen LogP contribution < -0.4 is 0 Å². The van der Waals surface area contributed by atoms with Crippen molar-refractivity contribution in [2.75, 3.05) is 14.2 Å². The van der Waals surface area contributed by atoms with Gasteiger partial charge in [-0.25, -0.2) is 0 Å². The van der Waals surface area contributed by atoms with Crippen LogP contribution in [0.15, 0.2) is 0 Å². The van der Waals surface area contributed by atoms with Crippen LogP contribution >= 0.6 is 0 Å². The Labute approximate surface area is 83.0 Å². The number of hydrogen-bond acceptors (Lipinski definition) is 5. The molecule has 0 rings (SSSR count). The van der Waals surface area contributed by atoms with Gasteiger partial charge in [0, 0.05) is 0 Å². The first-order chi connectivity index (χ1) is 6.31. The second-order valence-electron chi connectivity index (χ2n) is 3.62. The molecule has 0 saturated carbocycles. The van der Waals surface area contributed by atoms with Crippen molar-refractivity contribution in [3.63, 3.8) is 0 Å². The van der Waals surface area contributed by atoms with Gasteiger partial charge in [0.1, 0.15) is 0 Å². The summed E-state index contributed by atoms with van der Waals surface area (Å²) in [7, 11) is 2.37. The maximum atomic E-state index is 11.2. The monoisotopic (exact) mass is 204 g/mol. The number of methoxy groups -OCH3 is 2. The number of hydrogen-bond donors (Lipinski definition) is 1. The lowest BCUT2D eigenvalue weighted by atomic mass is 9.93. The summed E-state index contributed by atoms with van der Waals surface area (Å²) in [6, 6.07) is 0. The van der Waals surface area contributed by atoms with Gasteiger partial charge >= 0.3 is 11.9 Å². The van der Waals surface area contributed by atoms with E-state index in [2.05, 4.69) is 9.47 Å². The van der Waals surface area contributed by atoms with Crippen molar-refractivity contribution < 1.29 is 24.2 Å². The van der Waals surface area contributed by atoms with Crippen molar-refractivity contribution >= 4 is 11.9 Å². The highest BCUT2D eigenvalue weighted by atomic mass is 16.5. The first kappa shape index (κ1) is 12.9. The largest absolute Gasteiger partial charge is 0.468 e. The third-order valence-corrected chi connectivity index (χ3v) is 1.68. The Morgan fingerprint density at radius 3 is 1.79 bits per heavy atom. The van der Waals surface area contributed by atoms with E-state index in [9.17, 15) is 14.7 Å². The van der Waals surface area contributed by atoms with Gasteiger partial charge in [-0.05, 0) is 20.3 Å². The quantitative estimate of drug-likeness (QED) is 0.519. The molecule has 0 aromatic rings. The summed E-state index contributed by atoms with van der Waals surface area (Å²) in [4.78, 5) is 22.3. The predicted molar refractivity (Wildman–Crippen MR) is 48.4 cm³/mol. The van der Waals surface area contributed by atoms with Gasteiger partial charge in [0.15, 0.2) is 5.92 Å². The maximum absolute atomic E-state index is 11.2. The molecule has 0 atom stereocenters. The summed E-state index contributed by atoms with van der Waals surface area (Å²) in [5.41, 5.74) is -1.12. The van der Waals surface area contributed by atoms with Gasteiger partial charge in [-0.1, -0.05) is 0 Å². The van der Waals surface area contributed by atoms with Crippen LogP contribution in [0.25, 0.3) is 0 Å². The molecule has 82 valence electrons. The van der Waals surface area contributed by atoms with Crippen molar-refractivity contribution in [3.05, 3.63) is 0 Å². The molecule has 1 N–H and O–H groups in total. The standard InChI is InChI=1S/C9H16O5/c1-9(2,12)5-6(7(10)13-3)8(11)14-4/h6,12H,5H2,1-4H3. The van der Waals surface area contributed by atoms with E-state index in [1.54, 1.807) is 0 Å². The average molecular weight is 204 g/mol. The molecular formula is C9H16O5. The summed E-state index contributed by atoms with van der Waals surface area (Å²) < 4.78 is 8.86. The molecule has 0 aromatic carbocycles. The molecule has 5 nitrogen and oxygen atoms in total. The highest BCUT2D eigenvalue weighted by Crippen LogP contribution is 2.18. The van der Waals surface area contributed by atoms with Gasteiger partial charge < -0.3 is 14.6 Å². The third-order valence-electron chi connectivity index (χ3n) is 1.68. The average Bonchev–Trinajstić information content (AvgIpc) is 2.10. The van der Waals surface area contributed by atoms with Crippen LogP contribution in [-0.2, 0) is 19.1 Å². The summed E-state index contributed by atoms with van der Waals surface area (Å²) >= 11 is 0. The zero-order valence-electron chi connectivity index (χ0n) is 8.86. The normalized spacial score (nSPS) is 11.3. The fraction of sp³-hybridized carbons (Fsp3) is 0.778. The van der Waals surface area contributed by atoms with Crippen LogP contribution in [0.2, 0.25) is 0 Å². The molecule has 0 radical (unpaired) electrons. The fourth-order valence-corrected chi connectivity index (χ4v) is 1.05. The minimum Gasteiger partial charge on any atom is -0.468 e. The van der Waals surface area contributed by atoms with E-state index in [-0.39, 0.29) is 6.42 Å². The van der Waals surface area contributed by atoms with Crippen molar-refractivity contribution in [2.24, 2.45) is 5.92 Å². The second kappa shape index (κ2) is 4.95. The fourth-order valence-electron chi connectivity index (χ4n) is 1.05. The molecule has 0 aliphatic rings. The number of aliphatic hydroxyl groups is 1. The SMILES string of the molecule is COC(=O)C(CC(C)(C)O)C(=O)OC. The number of carbonyl (C=O) groups is 2. The molecule has 0 spiro atoms. The molecule has 0 amide bonds. The number of esters is 2. The summed E-state index contributed by atoms with van der Waals surface area (Å²) in [5.74, 6) is -2.46. The second-order valence-corrected chi connectivity index (χ2v) is 3.62. The molecule has 0 saturated heterocycles. The van der Waals surface area contributed by atoms with Crippen molar-refractivity contribution in [1.29, 1.82) is 0 Å². The van der Waals surface area contributed by atoms with Gasteiger partial charge in [-0.3, -0.25) is 9.59 Å². The Morgan fingerprint density at radius 1 is 1.21 bits per heavy atom. The molecule has 5 heteroatoms. The Bertz CT molecular complexity index is 200. The zero-order chi connectivity index (χ0) is 11.4. The molecule has 0 aliphatic heterocycles. The molecule has 0 aliphatic carbocycles. The predicted octanol–water partition coefficient (Wildman–Crippen LogP) is 0.110. The van der Waals surface area contributed by atoms with Crippen LogP contribution in [0.1, 0.15) is 20.3 Å². The van der Waals surface area contributed by atoms with Crippen LogP contribution in [0.3, 0.4) is 0 Å². The van der Waals surface area contributed by atoms with Gasteiger partial charge in [0.2, 0.25) is 0 Å². The smallest absolute Gasteiger partial charge is 0.320 e. The van der Waals surface area contributed by atoms with Crippen molar-refractivity contribution in [1.82, 2.24) is 0 Å². The molecule has 0 fully saturated rings. The van der Waals surface area contributed by atoms with Crippen molar-refractivity contribution in [2.45, 2.75) is 25.9 Å². The topological polar surface area (TPSA) is 72.8 Å². The zero-order valence-corrected chi connectivity index (χ0v) is 8.86. The number of rotatable bonds is 4. The van der Waals surface area contributed by atoms with E-state index in [4.69, 9.17) is 0 Å². The van der Waals surface area contributed by atoms with Gasteiger partial charge in [0.05, 0.1) is 19.8 Å². The first-order valence-corrected chi connectivity index (χ1v) is 4.20. The van der Waals surface area contributed by atoms with E-state index < -0.39 is 23.5 Å². The Kier molecular flexibility index (Phi) is 4.56. The van der Waals surface area contributed by atoms with E-state index in [1.165, 1.54) is 28.1 Å². The Balaban J connectivity index is 4.57. The lowest BCUT2D eigenvalue weighted by Crippen LogP contribution is -2.34. The van der Waals surface area contributed by atoms with Crippen LogP contribution in [0.4, 0.5) is 0 Å². The van der Waals surface area contributed by atoms with Gasteiger partial charge in [-0.2, -0.15) is 0 Å². The third kappa shape index (κ3) is 4.23. The van der Waals surface area contributed by atoms with E-state index in [0.29, 0.717) is 0 Å². The molecule has 0 heterocycles. The molecule has 0 aromatic heterocycles. The number of ether oxygens (including phenoxy) is 2. The van der Waals surface area contributed by atoms with Crippen molar-refractivity contribution in [3.8, 4) is 0 Å². The summed E-state index contributed by atoms with van der Waals surface area (Å²) in [6.07, 6.45) is -0.0215. The van der Waals surface area contributed by atoms with E-state index in [0.717, 1.165) is 0 Å². The highest BCUT2D eigenvalue weighted by molar-refractivity contribution is 5.94. The Morgan fingerprint density at radius 2 is 1.57 bits per heavy atom. The summed E-state index contributed by atoms with van der Waals surface area (Å²) in [5, 5.41) is 9.46. The Hall–Kier alpha value is -1.10. The van der Waals surface area contributed by atoms with Crippen LogP contribution in [0, 0.1) is 5.92 Å². The summed E-state index contributed by atoms with van der Waals surface area (Å²) in [6.45, 7) is 3.01. The number of carbonyl (C=O) groups excluding carboxylic acids is 2. The lowest BCUT2D eigenvalue weighted by molar-refractivity contribution is -0.161. The molecular weight excluding hydrogens is 188 g/mol. The maximum Gasteiger partial charge on any atom is 0.320 e. The van der Waals surface area contributed by atoms with E-state index in [1.807, 2.05) is 0 Å². The minimum atomic E-state index is -1.12. The molecule has 0 unspecified atom stereocenters.